The molecule has 1 aliphatic heterocycles. The summed E-state index contributed by atoms with van der Waals surface area (Å²) in [6, 6.07) is 8.45. The lowest BCUT2D eigenvalue weighted by Gasteiger charge is -1.99. The van der Waals surface area contributed by atoms with Gasteiger partial charge in [-0.15, -0.1) is 0 Å². The minimum atomic E-state index is 0.365. The van der Waals surface area contributed by atoms with E-state index in [0.29, 0.717) is 4.95 Å². The van der Waals surface area contributed by atoms with Crippen molar-refractivity contribution in [1.82, 2.24) is 5.32 Å². The monoisotopic (exact) mass is 197 g/mol. The molecule has 0 saturated heterocycles. The quantitative estimate of drug-likeness (QED) is 0.497. The molecule has 2 rings (SSSR count). The van der Waals surface area contributed by atoms with Crippen LogP contribution < -0.4 is 5.32 Å². The van der Waals surface area contributed by atoms with Crippen molar-refractivity contribution in [2.24, 2.45) is 0 Å². The summed E-state index contributed by atoms with van der Waals surface area (Å²) < 4.78 is 0. The Morgan fingerprint density at radius 1 is 1.40 bits per heavy atom. The molecule has 0 bridgehead atoms. The van der Waals surface area contributed by atoms with Gasteiger partial charge in [0, 0.05) is 6.54 Å². The first kappa shape index (κ1) is 6.38. The summed E-state index contributed by atoms with van der Waals surface area (Å²) in [6.07, 6.45) is 0. The van der Waals surface area contributed by atoms with E-state index in [-0.39, 0.29) is 0 Å². The van der Waals surface area contributed by atoms with E-state index in [2.05, 4.69) is 45.5 Å². The number of hydrogen-bond donors (Lipinski definition) is 1. The van der Waals surface area contributed by atoms with Crippen molar-refractivity contribution in [2.45, 2.75) is 11.5 Å². The topological polar surface area (TPSA) is 12.0 Å². The van der Waals surface area contributed by atoms with E-state index in [9.17, 15) is 0 Å². The van der Waals surface area contributed by atoms with Gasteiger partial charge >= 0.3 is 0 Å². The Hall–Kier alpha value is -0.340. The zero-order valence-corrected chi connectivity index (χ0v) is 7.06. The van der Waals surface area contributed by atoms with Crippen LogP contribution >= 0.6 is 15.9 Å². The van der Waals surface area contributed by atoms with Crippen LogP contribution in [0.1, 0.15) is 16.1 Å². The zero-order chi connectivity index (χ0) is 6.97. The number of nitrogens with one attached hydrogen (secondary N) is 1. The van der Waals surface area contributed by atoms with Crippen LogP contribution in [0.5, 0.6) is 0 Å². The average molecular weight is 198 g/mol. The summed E-state index contributed by atoms with van der Waals surface area (Å²) in [5.41, 5.74) is 2.78. The molecule has 0 saturated carbocycles. The van der Waals surface area contributed by atoms with Crippen molar-refractivity contribution in [3.8, 4) is 0 Å². The van der Waals surface area contributed by atoms with Gasteiger partial charge in [-0.3, -0.25) is 5.32 Å². The highest BCUT2D eigenvalue weighted by atomic mass is 79.9. The normalized spacial score (nSPS) is 22.7. The Morgan fingerprint density at radius 2 is 2.20 bits per heavy atom. The fourth-order valence-electron chi connectivity index (χ4n) is 1.25. The van der Waals surface area contributed by atoms with Crippen LogP contribution in [0, 0.1) is 0 Å². The van der Waals surface area contributed by atoms with Gasteiger partial charge in [0.05, 0.1) is 4.95 Å². The predicted molar refractivity (Wildman–Crippen MR) is 44.9 cm³/mol. The van der Waals surface area contributed by atoms with Gasteiger partial charge in [0.25, 0.3) is 0 Å². The summed E-state index contributed by atoms with van der Waals surface area (Å²) in [5, 5.41) is 3.30. The van der Waals surface area contributed by atoms with Gasteiger partial charge < -0.3 is 0 Å². The molecule has 1 heterocycles. The van der Waals surface area contributed by atoms with Crippen molar-refractivity contribution in [1.29, 1.82) is 0 Å². The maximum atomic E-state index is 3.53. The molecule has 1 N–H and O–H groups in total. The number of hydrogen-bond acceptors (Lipinski definition) is 1. The van der Waals surface area contributed by atoms with Crippen LogP contribution in [0.15, 0.2) is 24.3 Å². The molecule has 0 radical (unpaired) electrons. The zero-order valence-electron chi connectivity index (χ0n) is 5.47. The molecule has 10 heavy (non-hydrogen) atoms. The molecule has 0 aromatic heterocycles. The molecule has 1 atom stereocenters. The molecule has 0 aliphatic carbocycles. The summed E-state index contributed by atoms with van der Waals surface area (Å²) in [5.74, 6) is 0. The van der Waals surface area contributed by atoms with Gasteiger partial charge in [0.2, 0.25) is 0 Å². The third kappa shape index (κ3) is 0.879. The molecule has 0 spiro atoms. The fourth-order valence-corrected chi connectivity index (χ4v) is 1.86. The Bertz CT molecular complexity index is 247. The maximum Gasteiger partial charge on any atom is 0.0892 e. The van der Waals surface area contributed by atoms with Gasteiger partial charge in [-0.25, -0.2) is 0 Å². The lowest BCUT2D eigenvalue weighted by atomic mass is 10.1. The van der Waals surface area contributed by atoms with E-state index in [1.54, 1.807) is 0 Å². The van der Waals surface area contributed by atoms with E-state index in [0.717, 1.165) is 6.54 Å². The van der Waals surface area contributed by atoms with Gasteiger partial charge in [0.1, 0.15) is 0 Å². The van der Waals surface area contributed by atoms with Gasteiger partial charge in [-0.2, -0.15) is 0 Å². The minimum absolute atomic E-state index is 0.365. The van der Waals surface area contributed by atoms with E-state index in [1.165, 1.54) is 11.1 Å². The van der Waals surface area contributed by atoms with E-state index in [1.807, 2.05) is 0 Å². The molecular formula is C8H8BrN. The molecule has 0 unspecified atom stereocenters. The summed E-state index contributed by atoms with van der Waals surface area (Å²) in [4.78, 5) is 0.365. The molecule has 0 fully saturated rings. The number of alkyl halides is 1. The summed E-state index contributed by atoms with van der Waals surface area (Å²) in [6.45, 7) is 0.992. The summed E-state index contributed by atoms with van der Waals surface area (Å²) >= 11 is 3.53. The van der Waals surface area contributed by atoms with Gasteiger partial charge in [-0.05, 0) is 11.1 Å². The predicted octanol–water partition coefficient (Wildman–Crippen LogP) is 2.18. The number of halogens is 1. The molecule has 2 heteroatoms. The second kappa shape index (κ2) is 2.36. The van der Waals surface area contributed by atoms with Crippen LogP contribution in [-0.2, 0) is 6.54 Å². The number of rotatable bonds is 0. The number of fused-ring (bicyclic) bond motifs is 1. The van der Waals surface area contributed by atoms with Crippen molar-refractivity contribution >= 4 is 15.9 Å². The molecule has 1 aromatic carbocycles. The first-order valence-corrected chi connectivity index (χ1v) is 4.25. The van der Waals surface area contributed by atoms with E-state index < -0.39 is 0 Å². The van der Waals surface area contributed by atoms with Gasteiger partial charge in [-0.1, -0.05) is 40.2 Å². The second-order valence-corrected chi connectivity index (χ2v) is 3.36. The van der Waals surface area contributed by atoms with Crippen LogP contribution in [0.4, 0.5) is 0 Å². The highest BCUT2D eigenvalue weighted by Crippen LogP contribution is 2.28. The van der Waals surface area contributed by atoms with Crippen molar-refractivity contribution < 1.29 is 0 Å². The maximum absolute atomic E-state index is 3.53. The fraction of sp³-hybridized carbons (Fsp3) is 0.250. The van der Waals surface area contributed by atoms with Crippen LogP contribution in [-0.4, -0.2) is 0 Å². The molecular weight excluding hydrogens is 190 g/mol. The van der Waals surface area contributed by atoms with E-state index >= 15 is 0 Å². The van der Waals surface area contributed by atoms with Crippen molar-refractivity contribution in [2.75, 3.05) is 0 Å². The van der Waals surface area contributed by atoms with Crippen molar-refractivity contribution in [3.63, 3.8) is 0 Å². The highest BCUT2D eigenvalue weighted by molar-refractivity contribution is 9.09. The molecule has 0 amide bonds. The van der Waals surface area contributed by atoms with Gasteiger partial charge in [0.15, 0.2) is 0 Å². The largest absolute Gasteiger partial charge is 0.297 e. The third-order valence-corrected chi connectivity index (χ3v) is 2.62. The SMILES string of the molecule is Br[C@H]1NCc2ccccc21. The highest BCUT2D eigenvalue weighted by Gasteiger charge is 2.16. The molecule has 1 aliphatic rings. The Labute approximate surface area is 68.6 Å². The lowest BCUT2D eigenvalue weighted by Crippen LogP contribution is -2.03. The average Bonchev–Trinajstić information content (AvgIpc) is 2.34. The smallest absolute Gasteiger partial charge is 0.0892 e. The molecule has 1 aromatic rings. The first-order valence-electron chi connectivity index (χ1n) is 3.33. The molecule has 1 nitrogen and oxygen atoms in total. The Morgan fingerprint density at radius 3 is 3.00 bits per heavy atom. The lowest BCUT2D eigenvalue weighted by molar-refractivity contribution is 0.758. The van der Waals surface area contributed by atoms with Crippen LogP contribution in [0.2, 0.25) is 0 Å². The van der Waals surface area contributed by atoms with Crippen LogP contribution in [0.25, 0.3) is 0 Å². The minimum Gasteiger partial charge on any atom is -0.297 e. The van der Waals surface area contributed by atoms with Crippen molar-refractivity contribution in [3.05, 3.63) is 35.4 Å². The third-order valence-electron chi connectivity index (χ3n) is 1.80. The Balaban J connectivity index is 2.51. The first-order chi connectivity index (χ1) is 4.88. The van der Waals surface area contributed by atoms with Crippen LogP contribution in [0.3, 0.4) is 0 Å². The number of benzene rings is 1. The Kier molecular flexibility index (Phi) is 1.51. The van der Waals surface area contributed by atoms with E-state index in [4.69, 9.17) is 0 Å². The second-order valence-electron chi connectivity index (χ2n) is 2.44. The molecule has 52 valence electrons. The standard InChI is InChI=1S/C8H8BrN/c9-8-7-4-2-1-3-6(7)5-10-8/h1-4,8,10H,5H2/t8-/m0/s1. The summed E-state index contributed by atoms with van der Waals surface area (Å²) in [7, 11) is 0.